The molecule has 2 heterocycles. The molecule has 1 aromatic carbocycles. The van der Waals surface area contributed by atoms with Gasteiger partial charge in [0.05, 0.1) is 25.3 Å². The molecule has 5 nitrogen and oxygen atoms in total. The molecular formula is C22H28ClN3O2. The maximum absolute atomic E-state index is 13.3. The van der Waals surface area contributed by atoms with Gasteiger partial charge in [-0.05, 0) is 44.4 Å². The molecule has 1 saturated carbocycles. The van der Waals surface area contributed by atoms with Gasteiger partial charge in [0.2, 0.25) is 0 Å². The van der Waals surface area contributed by atoms with Crippen LogP contribution in [0.5, 0.6) is 0 Å². The van der Waals surface area contributed by atoms with Gasteiger partial charge >= 0.3 is 6.03 Å². The molecule has 1 aliphatic carbocycles. The van der Waals surface area contributed by atoms with E-state index in [1.54, 1.807) is 0 Å². The average Bonchev–Trinajstić information content (AvgIpc) is 3.21. The molecule has 0 atom stereocenters. The van der Waals surface area contributed by atoms with Crippen molar-refractivity contribution >= 4 is 28.5 Å². The fourth-order valence-electron chi connectivity index (χ4n) is 4.47. The Labute approximate surface area is 171 Å². The molecule has 0 unspecified atom stereocenters. The van der Waals surface area contributed by atoms with Crippen molar-refractivity contribution in [3.63, 3.8) is 0 Å². The number of carbonyl (C=O) groups excluding carboxylic acids is 1. The first-order valence-electron chi connectivity index (χ1n) is 10.2. The number of morpholine rings is 1. The van der Waals surface area contributed by atoms with Crippen LogP contribution in [0.1, 0.15) is 42.4 Å². The maximum atomic E-state index is 13.3. The van der Waals surface area contributed by atoms with Crippen LogP contribution in [0.15, 0.2) is 18.2 Å². The summed E-state index contributed by atoms with van der Waals surface area (Å²) in [6.07, 6.45) is 4.49. The van der Waals surface area contributed by atoms with E-state index in [0.717, 1.165) is 34.9 Å². The predicted molar refractivity (Wildman–Crippen MR) is 112 cm³/mol. The first-order valence-corrected chi connectivity index (χ1v) is 10.6. The Kier molecular flexibility index (Phi) is 5.74. The minimum atomic E-state index is 0.104. The number of hydrogen-bond acceptors (Lipinski definition) is 3. The lowest BCUT2D eigenvalue weighted by atomic mass is 10.0. The molecule has 6 heteroatoms. The van der Waals surface area contributed by atoms with Gasteiger partial charge in [-0.25, -0.2) is 9.78 Å². The summed E-state index contributed by atoms with van der Waals surface area (Å²) in [6.45, 7) is 7.20. The van der Waals surface area contributed by atoms with Gasteiger partial charge in [0.25, 0.3) is 0 Å². The zero-order valence-electron chi connectivity index (χ0n) is 16.7. The number of amides is 2. The molecule has 2 aromatic rings. The van der Waals surface area contributed by atoms with Gasteiger partial charge in [0.15, 0.2) is 0 Å². The van der Waals surface area contributed by atoms with E-state index in [-0.39, 0.29) is 12.1 Å². The fraction of sp³-hybridized carbons (Fsp3) is 0.545. The van der Waals surface area contributed by atoms with E-state index in [4.69, 9.17) is 16.3 Å². The Hall–Kier alpha value is -1.85. The van der Waals surface area contributed by atoms with Crippen molar-refractivity contribution in [2.24, 2.45) is 0 Å². The zero-order chi connectivity index (χ0) is 19.7. The number of hydrogen-bond donors (Lipinski definition) is 0. The third-order valence-corrected chi connectivity index (χ3v) is 6.24. The van der Waals surface area contributed by atoms with Crippen LogP contribution in [0.4, 0.5) is 4.79 Å². The summed E-state index contributed by atoms with van der Waals surface area (Å²) in [5.74, 6) is 0. The highest BCUT2D eigenvalue weighted by atomic mass is 35.5. The lowest BCUT2D eigenvalue weighted by Gasteiger charge is -2.36. The first-order chi connectivity index (χ1) is 13.5. The number of carbonyl (C=O) groups is 1. The summed E-state index contributed by atoms with van der Waals surface area (Å²) >= 11 is 6.57. The molecule has 0 spiro atoms. The monoisotopic (exact) mass is 401 g/mol. The third kappa shape index (κ3) is 3.96. The highest BCUT2D eigenvalue weighted by Gasteiger charge is 2.31. The van der Waals surface area contributed by atoms with E-state index in [0.29, 0.717) is 38.0 Å². The van der Waals surface area contributed by atoms with Gasteiger partial charge in [-0.2, -0.15) is 0 Å². The summed E-state index contributed by atoms with van der Waals surface area (Å²) in [7, 11) is 0. The molecule has 2 aliphatic rings. The lowest BCUT2D eigenvalue weighted by molar-refractivity contribution is 0.0383. The minimum absolute atomic E-state index is 0.104. The Morgan fingerprint density at radius 3 is 2.64 bits per heavy atom. The number of benzene rings is 1. The van der Waals surface area contributed by atoms with Gasteiger partial charge in [0, 0.05) is 30.1 Å². The van der Waals surface area contributed by atoms with Crippen molar-refractivity contribution < 1.29 is 9.53 Å². The molecule has 28 heavy (non-hydrogen) atoms. The number of pyridine rings is 1. The summed E-state index contributed by atoms with van der Waals surface area (Å²) < 4.78 is 5.42. The minimum Gasteiger partial charge on any atom is -0.378 e. The summed E-state index contributed by atoms with van der Waals surface area (Å²) in [4.78, 5) is 21.9. The van der Waals surface area contributed by atoms with Crippen LogP contribution in [-0.4, -0.2) is 53.2 Å². The summed E-state index contributed by atoms with van der Waals surface area (Å²) in [5, 5.41) is 1.58. The van der Waals surface area contributed by atoms with Gasteiger partial charge in [-0.1, -0.05) is 36.1 Å². The number of ether oxygens (including phenoxy) is 1. The van der Waals surface area contributed by atoms with Crippen molar-refractivity contribution in [1.29, 1.82) is 0 Å². The Morgan fingerprint density at radius 2 is 1.93 bits per heavy atom. The van der Waals surface area contributed by atoms with E-state index in [2.05, 4.69) is 37.0 Å². The second kappa shape index (κ2) is 8.26. The SMILES string of the molecule is Cc1cc(C)c2nc(Cl)c(CN(C(=O)N3CCOCC3)C3CCCC3)cc2c1. The highest BCUT2D eigenvalue weighted by Crippen LogP contribution is 2.30. The topological polar surface area (TPSA) is 45.7 Å². The smallest absolute Gasteiger partial charge is 0.320 e. The Balaban J connectivity index is 1.65. The molecule has 1 aromatic heterocycles. The quantitative estimate of drug-likeness (QED) is 0.700. The fourth-order valence-corrected chi connectivity index (χ4v) is 4.67. The van der Waals surface area contributed by atoms with Crippen LogP contribution >= 0.6 is 11.6 Å². The van der Waals surface area contributed by atoms with E-state index >= 15 is 0 Å². The van der Waals surface area contributed by atoms with Crippen molar-refractivity contribution in [3.8, 4) is 0 Å². The summed E-state index contributed by atoms with van der Waals surface area (Å²) in [5.41, 5.74) is 4.19. The Bertz CT molecular complexity index is 874. The van der Waals surface area contributed by atoms with Gasteiger partial charge in [-0.3, -0.25) is 0 Å². The van der Waals surface area contributed by atoms with E-state index in [1.165, 1.54) is 18.4 Å². The zero-order valence-corrected chi connectivity index (χ0v) is 17.5. The third-order valence-electron chi connectivity index (χ3n) is 5.91. The van der Waals surface area contributed by atoms with E-state index in [9.17, 15) is 4.79 Å². The average molecular weight is 402 g/mol. The number of aryl methyl sites for hydroxylation is 2. The molecule has 2 amide bonds. The van der Waals surface area contributed by atoms with Crippen LogP contribution in [0, 0.1) is 13.8 Å². The molecule has 0 radical (unpaired) electrons. The normalized spacial score (nSPS) is 18.0. The standard InChI is InChI=1S/C22H28ClN3O2/c1-15-11-16(2)20-17(12-15)13-18(21(23)24-20)14-26(19-5-3-4-6-19)22(27)25-7-9-28-10-8-25/h11-13,19H,3-10,14H2,1-2H3. The molecule has 0 bridgehead atoms. The van der Waals surface area contributed by atoms with E-state index in [1.807, 2.05) is 9.80 Å². The second-order valence-corrected chi connectivity index (χ2v) is 8.40. The van der Waals surface area contributed by atoms with Gasteiger partial charge in [-0.15, -0.1) is 0 Å². The highest BCUT2D eigenvalue weighted by molar-refractivity contribution is 6.30. The molecule has 1 aliphatic heterocycles. The number of halogens is 1. The number of nitrogens with zero attached hydrogens (tertiary/aromatic N) is 3. The number of rotatable bonds is 3. The molecular weight excluding hydrogens is 374 g/mol. The van der Waals surface area contributed by atoms with Gasteiger partial charge in [0.1, 0.15) is 5.15 Å². The van der Waals surface area contributed by atoms with Crippen molar-refractivity contribution in [2.75, 3.05) is 26.3 Å². The largest absolute Gasteiger partial charge is 0.378 e. The maximum Gasteiger partial charge on any atom is 0.320 e. The van der Waals surface area contributed by atoms with Crippen LogP contribution in [0.3, 0.4) is 0 Å². The molecule has 2 fully saturated rings. The first kappa shape index (κ1) is 19.5. The van der Waals surface area contributed by atoms with E-state index < -0.39 is 0 Å². The molecule has 150 valence electrons. The van der Waals surface area contributed by atoms with Gasteiger partial charge < -0.3 is 14.5 Å². The number of urea groups is 1. The molecule has 0 N–H and O–H groups in total. The lowest BCUT2D eigenvalue weighted by Crippen LogP contribution is -2.50. The van der Waals surface area contributed by atoms with Crippen molar-refractivity contribution in [1.82, 2.24) is 14.8 Å². The van der Waals surface area contributed by atoms with Crippen LogP contribution < -0.4 is 0 Å². The van der Waals surface area contributed by atoms with Crippen LogP contribution in [-0.2, 0) is 11.3 Å². The predicted octanol–water partition coefficient (Wildman–Crippen LogP) is 4.70. The number of aromatic nitrogens is 1. The van der Waals surface area contributed by atoms with Crippen LogP contribution in [0.25, 0.3) is 10.9 Å². The van der Waals surface area contributed by atoms with Crippen molar-refractivity contribution in [3.05, 3.63) is 40.0 Å². The Morgan fingerprint density at radius 1 is 1.21 bits per heavy atom. The molecule has 1 saturated heterocycles. The second-order valence-electron chi connectivity index (χ2n) is 8.04. The van der Waals surface area contributed by atoms with Crippen LogP contribution in [0.2, 0.25) is 5.15 Å². The molecule has 4 rings (SSSR count). The van der Waals surface area contributed by atoms with Crippen molar-refractivity contribution in [2.45, 2.75) is 52.1 Å². The number of fused-ring (bicyclic) bond motifs is 1. The summed E-state index contributed by atoms with van der Waals surface area (Å²) in [6, 6.07) is 6.75.